The molecule has 2 aromatic rings. The molecule has 0 unspecified atom stereocenters. The van der Waals surface area contributed by atoms with Crippen LogP contribution in [0, 0.1) is 6.92 Å². The number of amides is 2. The summed E-state index contributed by atoms with van der Waals surface area (Å²) in [6.45, 7) is 1.56. The fourth-order valence-corrected chi connectivity index (χ4v) is 1.64. The van der Waals surface area contributed by atoms with Crippen LogP contribution < -0.4 is 11.1 Å². The van der Waals surface area contributed by atoms with Gasteiger partial charge in [0, 0.05) is 6.20 Å². The van der Waals surface area contributed by atoms with E-state index in [1.165, 1.54) is 0 Å². The number of hydrogen-bond donors (Lipinski definition) is 2. The molecule has 0 bridgehead atoms. The van der Waals surface area contributed by atoms with Crippen molar-refractivity contribution in [3.63, 3.8) is 0 Å². The van der Waals surface area contributed by atoms with E-state index in [1.54, 1.807) is 29.7 Å². The second-order valence-corrected chi connectivity index (χ2v) is 3.62. The van der Waals surface area contributed by atoms with E-state index >= 15 is 0 Å². The number of nitrogens with two attached hydrogens (primary N) is 1. The quantitative estimate of drug-likeness (QED) is 0.771. The van der Waals surface area contributed by atoms with Gasteiger partial charge in [0.2, 0.25) is 5.91 Å². The predicted molar refractivity (Wildman–Crippen MR) is 61.5 cm³/mol. The number of carbonyl (C=O) groups excluding carboxylic acids is 2. The zero-order valence-corrected chi connectivity index (χ0v) is 9.30. The Kier molecular flexibility index (Phi) is 2.78. The highest BCUT2D eigenvalue weighted by Crippen LogP contribution is 2.11. The Hall–Kier alpha value is -2.37. The van der Waals surface area contributed by atoms with Gasteiger partial charge in [-0.05, 0) is 19.1 Å². The highest BCUT2D eigenvalue weighted by molar-refractivity contribution is 5.96. The van der Waals surface area contributed by atoms with Gasteiger partial charge in [-0.1, -0.05) is 6.07 Å². The minimum atomic E-state index is -0.579. The lowest BCUT2D eigenvalue weighted by molar-refractivity contribution is -0.117. The highest BCUT2D eigenvalue weighted by atomic mass is 16.2. The third-order valence-electron chi connectivity index (χ3n) is 2.34. The summed E-state index contributed by atoms with van der Waals surface area (Å²) >= 11 is 0. The number of aromatic nitrogens is 2. The molecule has 0 aromatic carbocycles. The number of rotatable bonds is 3. The van der Waals surface area contributed by atoms with Crippen LogP contribution in [0.2, 0.25) is 0 Å². The smallest absolute Gasteiger partial charge is 0.270 e. The number of fused-ring (bicyclic) bond motifs is 1. The molecule has 0 aliphatic heterocycles. The Balaban J connectivity index is 2.37. The monoisotopic (exact) mass is 232 g/mol. The van der Waals surface area contributed by atoms with Crippen LogP contribution in [0.3, 0.4) is 0 Å². The highest BCUT2D eigenvalue weighted by Gasteiger charge is 2.16. The van der Waals surface area contributed by atoms with E-state index in [0.29, 0.717) is 17.0 Å². The number of nitrogens with zero attached hydrogens (tertiary/aromatic N) is 2. The Morgan fingerprint density at radius 3 is 2.94 bits per heavy atom. The molecule has 0 saturated heterocycles. The first-order valence-corrected chi connectivity index (χ1v) is 5.10. The largest absolute Gasteiger partial charge is 0.368 e. The van der Waals surface area contributed by atoms with Crippen molar-refractivity contribution in [2.75, 3.05) is 6.54 Å². The van der Waals surface area contributed by atoms with Crippen LogP contribution in [0.1, 0.15) is 16.2 Å². The lowest BCUT2D eigenvalue weighted by Gasteiger charge is -2.03. The summed E-state index contributed by atoms with van der Waals surface area (Å²) in [7, 11) is 0. The zero-order valence-electron chi connectivity index (χ0n) is 9.30. The topological polar surface area (TPSA) is 89.5 Å². The molecular weight excluding hydrogens is 220 g/mol. The van der Waals surface area contributed by atoms with Crippen LogP contribution in [0.4, 0.5) is 0 Å². The van der Waals surface area contributed by atoms with E-state index in [9.17, 15) is 9.59 Å². The number of nitrogens with one attached hydrogen (secondary N) is 1. The van der Waals surface area contributed by atoms with Crippen LogP contribution in [-0.2, 0) is 4.79 Å². The maximum Gasteiger partial charge on any atom is 0.270 e. The zero-order chi connectivity index (χ0) is 12.4. The van der Waals surface area contributed by atoms with Gasteiger partial charge in [-0.15, -0.1) is 0 Å². The molecular formula is C11H12N4O2. The molecule has 3 N–H and O–H groups in total. The van der Waals surface area contributed by atoms with Crippen LogP contribution in [0.5, 0.6) is 0 Å². The third kappa shape index (κ3) is 2.10. The molecule has 0 saturated carbocycles. The van der Waals surface area contributed by atoms with E-state index in [1.807, 2.05) is 6.07 Å². The minimum Gasteiger partial charge on any atom is -0.368 e. The first kappa shape index (κ1) is 11.1. The lowest BCUT2D eigenvalue weighted by Crippen LogP contribution is -2.34. The molecule has 0 spiro atoms. The lowest BCUT2D eigenvalue weighted by atomic mass is 10.3. The molecule has 0 atom stereocenters. The maximum atomic E-state index is 11.9. The van der Waals surface area contributed by atoms with Crippen LogP contribution in [0.15, 0.2) is 24.4 Å². The number of pyridine rings is 1. The first-order valence-electron chi connectivity index (χ1n) is 5.10. The standard InChI is InChI=1S/C11H12N4O2/c1-7-10(11(17)13-6-8(12)16)15-5-3-2-4-9(15)14-7/h2-5H,6H2,1H3,(H2,12,16)(H,13,17). The van der Waals surface area contributed by atoms with E-state index in [-0.39, 0.29) is 12.5 Å². The molecule has 0 aliphatic carbocycles. The molecule has 2 aromatic heterocycles. The van der Waals surface area contributed by atoms with Crippen LogP contribution in [-0.4, -0.2) is 27.7 Å². The predicted octanol–water partition coefficient (Wildman–Crippen LogP) is -0.142. The van der Waals surface area contributed by atoms with Gasteiger partial charge in [0.1, 0.15) is 11.3 Å². The van der Waals surface area contributed by atoms with Crippen LogP contribution in [0.25, 0.3) is 5.65 Å². The number of hydrogen-bond acceptors (Lipinski definition) is 3. The number of aryl methyl sites for hydroxylation is 1. The van der Waals surface area contributed by atoms with E-state index < -0.39 is 5.91 Å². The van der Waals surface area contributed by atoms with E-state index in [0.717, 1.165) is 0 Å². The Morgan fingerprint density at radius 1 is 1.47 bits per heavy atom. The van der Waals surface area contributed by atoms with Crippen molar-refractivity contribution >= 4 is 17.5 Å². The summed E-state index contributed by atoms with van der Waals surface area (Å²) in [6, 6.07) is 5.45. The summed E-state index contributed by atoms with van der Waals surface area (Å²) in [6.07, 6.45) is 1.74. The molecule has 6 heteroatoms. The molecule has 0 aliphatic rings. The maximum absolute atomic E-state index is 11.9. The summed E-state index contributed by atoms with van der Waals surface area (Å²) < 4.78 is 1.67. The molecule has 6 nitrogen and oxygen atoms in total. The molecule has 2 rings (SSSR count). The van der Waals surface area contributed by atoms with Crippen LogP contribution >= 0.6 is 0 Å². The van der Waals surface area contributed by atoms with Gasteiger partial charge >= 0.3 is 0 Å². The fourth-order valence-electron chi connectivity index (χ4n) is 1.64. The van der Waals surface area contributed by atoms with Gasteiger partial charge in [-0.2, -0.15) is 0 Å². The second-order valence-electron chi connectivity index (χ2n) is 3.62. The summed E-state index contributed by atoms with van der Waals surface area (Å²) in [5.41, 5.74) is 6.69. The summed E-state index contributed by atoms with van der Waals surface area (Å²) in [5, 5.41) is 2.44. The minimum absolute atomic E-state index is 0.182. The van der Waals surface area contributed by atoms with Crippen molar-refractivity contribution in [3.8, 4) is 0 Å². The first-order chi connectivity index (χ1) is 8.09. The normalized spacial score (nSPS) is 10.4. The van der Waals surface area contributed by atoms with E-state index in [4.69, 9.17) is 5.73 Å². The SMILES string of the molecule is Cc1nc2ccccn2c1C(=O)NCC(N)=O. The Morgan fingerprint density at radius 2 is 2.24 bits per heavy atom. The molecule has 0 radical (unpaired) electrons. The number of primary amides is 1. The van der Waals surface area contributed by atoms with Gasteiger partial charge in [-0.3, -0.25) is 14.0 Å². The van der Waals surface area contributed by atoms with Gasteiger partial charge in [-0.25, -0.2) is 4.98 Å². The third-order valence-corrected chi connectivity index (χ3v) is 2.34. The Labute approximate surface area is 97.4 Å². The van der Waals surface area contributed by atoms with E-state index in [2.05, 4.69) is 10.3 Å². The Bertz CT molecular complexity index is 588. The van der Waals surface area contributed by atoms with Gasteiger partial charge in [0.05, 0.1) is 12.2 Å². The van der Waals surface area contributed by atoms with Crippen molar-refractivity contribution in [1.82, 2.24) is 14.7 Å². The van der Waals surface area contributed by atoms with Crippen molar-refractivity contribution in [3.05, 3.63) is 35.8 Å². The molecule has 17 heavy (non-hydrogen) atoms. The number of imidazole rings is 1. The van der Waals surface area contributed by atoms with Gasteiger partial charge in [0.25, 0.3) is 5.91 Å². The summed E-state index contributed by atoms with van der Waals surface area (Å²) in [4.78, 5) is 26.7. The molecule has 2 heterocycles. The van der Waals surface area contributed by atoms with Gasteiger partial charge in [0.15, 0.2) is 0 Å². The average Bonchev–Trinajstić information content (AvgIpc) is 2.61. The average molecular weight is 232 g/mol. The van der Waals surface area contributed by atoms with Crippen molar-refractivity contribution in [2.45, 2.75) is 6.92 Å². The second kappa shape index (κ2) is 4.25. The van der Waals surface area contributed by atoms with Crippen molar-refractivity contribution in [2.24, 2.45) is 5.73 Å². The molecule has 88 valence electrons. The van der Waals surface area contributed by atoms with Gasteiger partial charge < -0.3 is 11.1 Å². The van der Waals surface area contributed by atoms with Crippen molar-refractivity contribution < 1.29 is 9.59 Å². The summed E-state index contributed by atoms with van der Waals surface area (Å²) in [5.74, 6) is -0.940. The fraction of sp³-hybridized carbons (Fsp3) is 0.182. The van der Waals surface area contributed by atoms with Crippen molar-refractivity contribution in [1.29, 1.82) is 0 Å². The molecule has 0 fully saturated rings. The molecule has 2 amide bonds. The number of carbonyl (C=O) groups is 2.